The molecule has 0 saturated heterocycles. The van der Waals surface area contributed by atoms with Crippen LogP contribution in [-0.4, -0.2) is 37.2 Å². The van der Waals surface area contributed by atoms with Crippen molar-refractivity contribution in [2.75, 3.05) is 7.11 Å². The summed E-state index contributed by atoms with van der Waals surface area (Å²) in [4.78, 5) is 18.8. The summed E-state index contributed by atoms with van der Waals surface area (Å²) in [5, 5.41) is 13.9. The highest BCUT2D eigenvalue weighted by Crippen LogP contribution is 2.29. The first-order chi connectivity index (χ1) is 19.5. The van der Waals surface area contributed by atoms with E-state index in [4.69, 9.17) is 4.74 Å². The van der Waals surface area contributed by atoms with E-state index in [1.54, 1.807) is 7.11 Å². The summed E-state index contributed by atoms with van der Waals surface area (Å²) < 4.78 is 7.58. The summed E-state index contributed by atoms with van der Waals surface area (Å²) in [5.41, 5.74) is 6.00. The van der Waals surface area contributed by atoms with Gasteiger partial charge in [-0.25, -0.2) is 4.68 Å². The van der Waals surface area contributed by atoms with E-state index in [1.807, 2.05) is 54.1 Å². The molecule has 1 N–H and O–H groups in total. The Hall–Kier alpha value is -4.30. The number of benzene rings is 3. The Morgan fingerprint density at radius 2 is 1.73 bits per heavy atom. The van der Waals surface area contributed by atoms with Gasteiger partial charge >= 0.3 is 0 Å². The third-order valence-electron chi connectivity index (χ3n) is 7.45. The molecule has 0 aliphatic carbocycles. The fourth-order valence-corrected chi connectivity index (χ4v) is 5.49. The average Bonchev–Trinajstić information content (AvgIpc) is 3.42. The van der Waals surface area contributed by atoms with Gasteiger partial charge in [-0.15, -0.1) is 5.10 Å². The van der Waals surface area contributed by atoms with E-state index in [0.29, 0.717) is 25.2 Å². The van der Waals surface area contributed by atoms with Crippen LogP contribution in [0.1, 0.15) is 53.0 Å². The molecule has 0 radical (unpaired) electrons. The number of aryl methyl sites for hydroxylation is 4. The van der Waals surface area contributed by atoms with Crippen LogP contribution in [0.15, 0.2) is 77.6 Å². The standard InChI is InChI=1S/C32H36N6O2/c1-5-28(31-34-35-36-38(31)16-15-24-11-7-6-8-12-24)37(20-25-13-9-10-14-29(25)40-4)21-27-19-26-18-22(2)17-23(3)30(26)33-32(27)39/h6-14,17-19,28H,5,15-16,20-21H2,1-4H3,(H,33,39). The lowest BCUT2D eigenvalue weighted by molar-refractivity contribution is 0.159. The number of nitrogens with zero attached hydrogens (tertiary/aromatic N) is 5. The lowest BCUT2D eigenvalue weighted by atomic mass is 10.0. The van der Waals surface area contributed by atoms with Crippen LogP contribution in [-0.2, 0) is 26.1 Å². The molecule has 1 atom stereocenters. The summed E-state index contributed by atoms with van der Waals surface area (Å²) in [5.74, 6) is 1.60. The lowest BCUT2D eigenvalue weighted by Crippen LogP contribution is -2.32. The maximum atomic E-state index is 13.4. The minimum absolute atomic E-state index is 0.0806. The molecule has 8 nitrogen and oxygen atoms in total. The van der Waals surface area contributed by atoms with Crippen LogP contribution in [0.25, 0.3) is 10.9 Å². The van der Waals surface area contributed by atoms with Gasteiger partial charge in [0.1, 0.15) is 5.75 Å². The molecule has 3 aromatic carbocycles. The zero-order valence-corrected chi connectivity index (χ0v) is 23.6. The number of methoxy groups -OCH3 is 1. The van der Waals surface area contributed by atoms with Gasteiger partial charge in [-0.1, -0.05) is 67.1 Å². The number of ether oxygens (including phenoxy) is 1. The predicted molar refractivity (Wildman–Crippen MR) is 157 cm³/mol. The van der Waals surface area contributed by atoms with Gasteiger partial charge in [0.2, 0.25) is 0 Å². The number of aromatic amines is 1. The summed E-state index contributed by atoms with van der Waals surface area (Å²) >= 11 is 0. The molecule has 0 fully saturated rings. The van der Waals surface area contributed by atoms with E-state index < -0.39 is 0 Å². The summed E-state index contributed by atoms with van der Waals surface area (Å²) in [6.07, 6.45) is 1.59. The molecule has 0 bridgehead atoms. The predicted octanol–water partition coefficient (Wildman–Crippen LogP) is 5.54. The van der Waals surface area contributed by atoms with E-state index >= 15 is 0 Å². The molecule has 5 rings (SSSR count). The topological polar surface area (TPSA) is 88.9 Å². The summed E-state index contributed by atoms with van der Waals surface area (Å²) in [6, 6.07) is 24.5. The normalized spacial score (nSPS) is 12.2. The maximum absolute atomic E-state index is 13.4. The van der Waals surface area contributed by atoms with Crippen molar-refractivity contribution < 1.29 is 4.74 Å². The molecule has 0 amide bonds. The monoisotopic (exact) mass is 536 g/mol. The number of aromatic nitrogens is 5. The molecule has 0 saturated carbocycles. The van der Waals surface area contributed by atoms with Gasteiger partial charge in [0.05, 0.1) is 18.7 Å². The van der Waals surface area contributed by atoms with Gasteiger partial charge in [-0.3, -0.25) is 9.69 Å². The Morgan fingerprint density at radius 3 is 2.50 bits per heavy atom. The second-order valence-electron chi connectivity index (χ2n) is 10.3. The fourth-order valence-electron chi connectivity index (χ4n) is 5.49. The molecule has 0 aliphatic rings. The van der Waals surface area contributed by atoms with Gasteiger partial charge in [-0.2, -0.15) is 0 Å². The fraction of sp³-hybridized carbons (Fsp3) is 0.312. The summed E-state index contributed by atoms with van der Waals surface area (Å²) in [7, 11) is 1.68. The van der Waals surface area contributed by atoms with Crippen LogP contribution in [0.2, 0.25) is 0 Å². The van der Waals surface area contributed by atoms with Crippen molar-refractivity contribution in [1.82, 2.24) is 30.1 Å². The molecule has 2 heterocycles. The Morgan fingerprint density at radius 1 is 0.975 bits per heavy atom. The number of hydrogen-bond acceptors (Lipinski definition) is 6. The Labute approximate surface area is 234 Å². The number of rotatable bonds is 11. The van der Waals surface area contributed by atoms with Gasteiger partial charge in [0.25, 0.3) is 5.56 Å². The highest BCUT2D eigenvalue weighted by Gasteiger charge is 2.27. The number of tetrazole rings is 1. The van der Waals surface area contributed by atoms with Crippen molar-refractivity contribution in [3.63, 3.8) is 0 Å². The smallest absolute Gasteiger partial charge is 0.252 e. The van der Waals surface area contributed by atoms with E-state index in [2.05, 4.69) is 69.6 Å². The minimum Gasteiger partial charge on any atom is -0.496 e. The largest absolute Gasteiger partial charge is 0.496 e. The number of pyridine rings is 1. The quantitative estimate of drug-likeness (QED) is 0.239. The van der Waals surface area contributed by atoms with Crippen molar-refractivity contribution in [3.05, 3.63) is 117 Å². The first-order valence-electron chi connectivity index (χ1n) is 13.8. The van der Waals surface area contributed by atoms with Crippen molar-refractivity contribution in [1.29, 1.82) is 0 Å². The van der Waals surface area contributed by atoms with Gasteiger partial charge in [0, 0.05) is 30.8 Å². The molecule has 0 aliphatic heterocycles. The zero-order chi connectivity index (χ0) is 28.1. The molecule has 5 aromatic rings. The SMILES string of the molecule is CCC(c1nnnn1CCc1ccccc1)N(Cc1ccccc1OC)Cc1cc2cc(C)cc(C)c2[nH]c1=O. The van der Waals surface area contributed by atoms with Crippen molar-refractivity contribution in [3.8, 4) is 5.75 Å². The van der Waals surface area contributed by atoms with E-state index in [-0.39, 0.29) is 11.6 Å². The molecule has 206 valence electrons. The lowest BCUT2D eigenvalue weighted by Gasteiger charge is -2.30. The third kappa shape index (κ3) is 5.97. The van der Waals surface area contributed by atoms with Crippen LogP contribution >= 0.6 is 0 Å². The Balaban J connectivity index is 1.52. The van der Waals surface area contributed by atoms with Crippen LogP contribution in [0, 0.1) is 13.8 Å². The first kappa shape index (κ1) is 27.3. The van der Waals surface area contributed by atoms with Crippen LogP contribution in [0.5, 0.6) is 5.75 Å². The zero-order valence-electron chi connectivity index (χ0n) is 23.6. The minimum atomic E-state index is -0.120. The molecule has 1 unspecified atom stereocenters. The van der Waals surface area contributed by atoms with E-state index in [1.165, 1.54) is 5.56 Å². The van der Waals surface area contributed by atoms with Crippen molar-refractivity contribution in [2.45, 2.75) is 59.3 Å². The number of H-pyrrole nitrogens is 1. The van der Waals surface area contributed by atoms with Gasteiger partial charge in [-0.05, 0) is 71.8 Å². The highest BCUT2D eigenvalue weighted by atomic mass is 16.5. The summed E-state index contributed by atoms with van der Waals surface area (Å²) in [6.45, 7) is 7.90. The molecule has 2 aromatic heterocycles. The molecular formula is C32H36N6O2. The number of fused-ring (bicyclic) bond motifs is 1. The average molecular weight is 537 g/mol. The Bertz CT molecular complexity index is 1640. The van der Waals surface area contributed by atoms with Crippen LogP contribution in [0.3, 0.4) is 0 Å². The number of para-hydroxylation sites is 1. The number of nitrogens with one attached hydrogen (secondary N) is 1. The van der Waals surface area contributed by atoms with Crippen LogP contribution < -0.4 is 10.3 Å². The van der Waals surface area contributed by atoms with E-state index in [0.717, 1.165) is 52.0 Å². The molecule has 40 heavy (non-hydrogen) atoms. The van der Waals surface area contributed by atoms with Gasteiger partial charge in [0.15, 0.2) is 5.82 Å². The number of hydrogen-bond donors (Lipinski definition) is 1. The molecule has 0 spiro atoms. The maximum Gasteiger partial charge on any atom is 0.252 e. The van der Waals surface area contributed by atoms with Crippen molar-refractivity contribution >= 4 is 10.9 Å². The van der Waals surface area contributed by atoms with Crippen molar-refractivity contribution in [2.24, 2.45) is 0 Å². The van der Waals surface area contributed by atoms with Crippen LogP contribution in [0.4, 0.5) is 0 Å². The molecule has 8 heteroatoms. The Kier molecular flexibility index (Phi) is 8.36. The highest BCUT2D eigenvalue weighted by molar-refractivity contribution is 5.82. The third-order valence-corrected chi connectivity index (χ3v) is 7.45. The first-order valence-corrected chi connectivity index (χ1v) is 13.8. The second kappa shape index (κ2) is 12.3. The second-order valence-corrected chi connectivity index (χ2v) is 10.3. The van der Waals surface area contributed by atoms with E-state index in [9.17, 15) is 4.79 Å². The molecular weight excluding hydrogens is 500 g/mol. The van der Waals surface area contributed by atoms with Gasteiger partial charge < -0.3 is 9.72 Å².